The van der Waals surface area contributed by atoms with Gasteiger partial charge in [-0.15, -0.1) is 0 Å². The van der Waals surface area contributed by atoms with Crippen LogP contribution >= 0.6 is 15.6 Å². The number of esters is 4. The summed E-state index contributed by atoms with van der Waals surface area (Å²) in [5, 5.41) is 10.7. The average Bonchev–Trinajstić information content (AvgIpc) is 0.900. The summed E-state index contributed by atoms with van der Waals surface area (Å²) in [7, 11) is -9.94. The van der Waals surface area contributed by atoms with Crippen LogP contribution in [-0.2, 0) is 65.4 Å². The van der Waals surface area contributed by atoms with Gasteiger partial charge >= 0.3 is 39.5 Å². The van der Waals surface area contributed by atoms with E-state index < -0.39 is 97.5 Å². The number of hydrogen-bond donors (Lipinski definition) is 3. The summed E-state index contributed by atoms with van der Waals surface area (Å²) in [5.41, 5.74) is 0. The van der Waals surface area contributed by atoms with Gasteiger partial charge in [0.1, 0.15) is 19.3 Å². The van der Waals surface area contributed by atoms with Crippen LogP contribution in [0.25, 0.3) is 0 Å². The normalized spacial score (nSPS) is 13.9. The Labute approximate surface area is 696 Å². The van der Waals surface area contributed by atoms with Crippen LogP contribution in [0.3, 0.4) is 0 Å². The molecule has 0 spiro atoms. The van der Waals surface area contributed by atoms with Gasteiger partial charge in [0, 0.05) is 25.7 Å². The number of phosphoric ester groups is 2. The summed E-state index contributed by atoms with van der Waals surface area (Å²) in [6.45, 7) is 9.81. The summed E-state index contributed by atoms with van der Waals surface area (Å²) >= 11 is 0. The lowest BCUT2D eigenvalue weighted by Gasteiger charge is -2.21. The number of phosphoric acid groups is 2. The molecule has 0 radical (unpaired) electrons. The fourth-order valence-electron chi connectivity index (χ4n) is 14.8. The number of unbranched alkanes of at least 4 members (excludes halogenated alkanes) is 62. The van der Waals surface area contributed by atoms with Crippen LogP contribution in [-0.4, -0.2) is 96.7 Å². The summed E-state index contributed by atoms with van der Waals surface area (Å²) < 4.78 is 69.1. The lowest BCUT2D eigenvalue weighted by Crippen LogP contribution is -2.30. The molecule has 0 aromatic rings. The van der Waals surface area contributed by atoms with E-state index in [4.69, 9.17) is 37.0 Å². The minimum atomic E-state index is -4.97. The number of carbonyl (C=O) groups is 4. The Balaban J connectivity index is 5.23. The number of carbonyl (C=O) groups excluding carboxylic acids is 4. The molecule has 0 saturated carbocycles. The Kier molecular flexibility index (Phi) is 83.6. The molecule has 0 heterocycles. The molecule has 0 aliphatic heterocycles. The van der Waals surface area contributed by atoms with Crippen LogP contribution < -0.4 is 0 Å². The molecular weight excluding hydrogens is 1460 g/mol. The lowest BCUT2D eigenvalue weighted by molar-refractivity contribution is -0.161. The zero-order valence-electron chi connectivity index (χ0n) is 74.7. The Morgan fingerprint density at radius 2 is 0.451 bits per heavy atom. The van der Waals surface area contributed by atoms with Gasteiger partial charge in [0.05, 0.1) is 26.4 Å². The molecular formula is C94H184O17P2. The molecule has 6 atom stereocenters. The van der Waals surface area contributed by atoms with Gasteiger partial charge in [-0.3, -0.25) is 37.3 Å². The maximum absolute atomic E-state index is 13.2. The van der Waals surface area contributed by atoms with Gasteiger partial charge < -0.3 is 33.8 Å². The van der Waals surface area contributed by atoms with Gasteiger partial charge in [-0.05, 0) is 37.5 Å². The third-order valence-corrected chi connectivity index (χ3v) is 24.5. The first-order valence-electron chi connectivity index (χ1n) is 48.5. The molecule has 19 heteroatoms. The quantitative estimate of drug-likeness (QED) is 0.0222. The van der Waals surface area contributed by atoms with Crippen LogP contribution in [0.2, 0.25) is 0 Å². The molecule has 0 aromatic carbocycles. The minimum absolute atomic E-state index is 0.109. The van der Waals surface area contributed by atoms with Crippen molar-refractivity contribution in [1.82, 2.24) is 0 Å². The van der Waals surface area contributed by atoms with Crippen molar-refractivity contribution in [2.45, 2.75) is 529 Å². The molecule has 0 amide bonds. The summed E-state index contributed by atoms with van der Waals surface area (Å²) in [6.07, 6.45) is 80.6. The van der Waals surface area contributed by atoms with Crippen molar-refractivity contribution in [3.63, 3.8) is 0 Å². The van der Waals surface area contributed by atoms with Gasteiger partial charge in [0.15, 0.2) is 12.2 Å². The highest BCUT2D eigenvalue weighted by Crippen LogP contribution is 2.45. The molecule has 0 aliphatic carbocycles. The van der Waals surface area contributed by atoms with E-state index in [1.54, 1.807) is 0 Å². The van der Waals surface area contributed by atoms with Crippen molar-refractivity contribution in [2.24, 2.45) is 11.8 Å². The molecule has 17 nitrogen and oxygen atoms in total. The molecule has 0 saturated heterocycles. The van der Waals surface area contributed by atoms with Crippen molar-refractivity contribution in [3.8, 4) is 0 Å². The summed E-state index contributed by atoms with van der Waals surface area (Å²) in [5.74, 6) is -0.412. The van der Waals surface area contributed by atoms with E-state index in [0.29, 0.717) is 25.7 Å². The molecule has 0 fully saturated rings. The minimum Gasteiger partial charge on any atom is -0.462 e. The van der Waals surface area contributed by atoms with Crippen molar-refractivity contribution in [3.05, 3.63) is 0 Å². The number of aliphatic hydroxyl groups excluding tert-OH is 1. The predicted molar refractivity (Wildman–Crippen MR) is 469 cm³/mol. The van der Waals surface area contributed by atoms with Gasteiger partial charge in [-0.25, -0.2) is 9.13 Å². The zero-order chi connectivity index (χ0) is 82.7. The number of ether oxygens (including phenoxy) is 4. The molecule has 3 N–H and O–H groups in total. The number of hydrogen-bond acceptors (Lipinski definition) is 15. The van der Waals surface area contributed by atoms with Crippen LogP contribution in [0.1, 0.15) is 510 Å². The van der Waals surface area contributed by atoms with E-state index in [1.807, 2.05) is 0 Å². The second-order valence-corrected chi connectivity index (χ2v) is 37.4. The van der Waals surface area contributed by atoms with E-state index in [-0.39, 0.29) is 25.7 Å². The van der Waals surface area contributed by atoms with E-state index in [0.717, 1.165) is 102 Å². The highest BCUT2D eigenvalue weighted by molar-refractivity contribution is 7.47. The largest absolute Gasteiger partial charge is 0.472 e. The molecule has 0 rings (SSSR count). The summed E-state index contributed by atoms with van der Waals surface area (Å²) in [4.78, 5) is 73.5. The van der Waals surface area contributed by atoms with Crippen molar-refractivity contribution < 1.29 is 80.2 Å². The van der Waals surface area contributed by atoms with Gasteiger partial charge in [0.25, 0.3) is 0 Å². The fourth-order valence-corrected chi connectivity index (χ4v) is 16.4. The van der Waals surface area contributed by atoms with Crippen molar-refractivity contribution in [1.29, 1.82) is 0 Å². The van der Waals surface area contributed by atoms with Crippen LogP contribution in [0.4, 0.5) is 0 Å². The lowest BCUT2D eigenvalue weighted by atomic mass is 9.99. The number of rotatable bonds is 93. The van der Waals surface area contributed by atoms with Crippen molar-refractivity contribution >= 4 is 39.5 Å². The topological polar surface area (TPSA) is 237 Å². The molecule has 672 valence electrons. The zero-order valence-corrected chi connectivity index (χ0v) is 76.5. The standard InChI is InChI=1S/C94H184O17P2/c1-7-10-12-14-16-18-20-21-22-23-24-25-26-30-36-41-47-53-59-65-71-77-92(97)105-83-90(111-94(99)78-72-66-60-54-48-42-37-31-28-27-29-35-40-46-51-57-63-69-75-87(6)9-3)85-109-113(102,103)107-81-88(95)80-106-112(100,101)108-84-89(82-104-91(96)76-70-64-58-52-44-19-17-15-13-11-8-2)110-93(98)79-73-67-61-55-49-43-38-33-32-34-39-45-50-56-62-68-74-86(4)5/h86-90,95H,7-85H2,1-6H3,(H,100,101)(H,102,103)/t87?,88-,89+,90+/m0/s1. The maximum Gasteiger partial charge on any atom is 0.472 e. The Morgan fingerprint density at radius 1 is 0.257 bits per heavy atom. The first-order valence-corrected chi connectivity index (χ1v) is 51.5. The SMILES string of the molecule is CCCCCCCCCCCCCCCCCCCCCCCC(=O)OC[C@H](COP(=O)(O)OC[C@@H](O)COP(=O)(O)OC[C@@H](COC(=O)CCCCCCCCCCCCC)OC(=O)CCCCCCCCCCCCCCCCCCC(C)C)OC(=O)CCCCCCCCCCCCCCCCCCCCC(C)CC. The Bertz CT molecular complexity index is 2150. The average molecular weight is 1650 g/mol. The van der Waals surface area contributed by atoms with E-state index in [1.165, 1.54) is 327 Å². The van der Waals surface area contributed by atoms with Crippen LogP contribution in [0.5, 0.6) is 0 Å². The third-order valence-electron chi connectivity index (χ3n) is 22.6. The van der Waals surface area contributed by atoms with Gasteiger partial charge in [0.2, 0.25) is 0 Å². The third kappa shape index (κ3) is 86.3. The van der Waals surface area contributed by atoms with E-state index in [9.17, 15) is 43.2 Å². The van der Waals surface area contributed by atoms with Gasteiger partial charge in [-0.1, -0.05) is 459 Å². The van der Waals surface area contributed by atoms with Gasteiger partial charge in [-0.2, -0.15) is 0 Å². The fraction of sp³-hybridized carbons (Fsp3) is 0.957. The Morgan fingerprint density at radius 3 is 0.673 bits per heavy atom. The first kappa shape index (κ1) is 111. The second-order valence-electron chi connectivity index (χ2n) is 34.5. The molecule has 3 unspecified atom stereocenters. The number of aliphatic hydroxyl groups is 1. The second kappa shape index (κ2) is 85.1. The Hall–Kier alpha value is -1.94. The van der Waals surface area contributed by atoms with Crippen LogP contribution in [0, 0.1) is 11.8 Å². The summed E-state index contributed by atoms with van der Waals surface area (Å²) in [6, 6.07) is 0. The monoisotopic (exact) mass is 1650 g/mol. The molecule has 0 aromatic heterocycles. The highest BCUT2D eigenvalue weighted by Gasteiger charge is 2.31. The van der Waals surface area contributed by atoms with E-state index in [2.05, 4.69) is 41.5 Å². The highest BCUT2D eigenvalue weighted by atomic mass is 31.2. The maximum atomic E-state index is 13.2. The van der Waals surface area contributed by atoms with Crippen molar-refractivity contribution in [2.75, 3.05) is 39.6 Å². The smallest absolute Gasteiger partial charge is 0.462 e. The van der Waals surface area contributed by atoms with Crippen LogP contribution in [0.15, 0.2) is 0 Å². The van der Waals surface area contributed by atoms with E-state index >= 15 is 0 Å². The molecule has 0 aliphatic rings. The predicted octanol–water partition coefficient (Wildman–Crippen LogP) is 29.4. The molecule has 113 heavy (non-hydrogen) atoms. The molecule has 0 bridgehead atoms. The first-order chi connectivity index (χ1) is 54.9.